The standard InChI is InChI=1S/C15H17Cl2NO/c1-9-4-6-10(7-5-9)18-14(19)13-11(8-12(16)17)15(13,2)3/h4-8,11,13H,1-3H3,(H,18,19)/t11-,13-/m1/s1. The van der Waals surface area contributed by atoms with Crippen molar-refractivity contribution in [3.8, 4) is 0 Å². The zero-order valence-electron chi connectivity index (χ0n) is 11.2. The maximum absolute atomic E-state index is 12.2. The highest BCUT2D eigenvalue weighted by atomic mass is 35.5. The molecular weight excluding hydrogens is 281 g/mol. The second kappa shape index (κ2) is 5.18. The average Bonchev–Trinajstić information content (AvgIpc) is 2.83. The molecule has 1 aliphatic carbocycles. The molecule has 1 amide bonds. The van der Waals surface area contributed by atoms with Gasteiger partial charge < -0.3 is 5.32 Å². The normalized spacial score (nSPS) is 23.6. The molecule has 0 spiro atoms. The molecule has 4 heteroatoms. The van der Waals surface area contributed by atoms with Gasteiger partial charge in [0.15, 0.2) is 0 Å². The lowest BCUT2D eigenvalue weighted by atomic mass is 10.1. The van der Waals surface area contributed by atoms with Gasteiger partial charge in [-0.05, 0) is 36.5 Å². The topological polar surface area (TPSA) is 29.1 Å². The Kier molecular flexibility index (Phi) is 3.93. The van der Waals surface area contributed by atoms with E-state index in [1.807, 2.05) is 45.0 Å². The van der Waals surface area contributed by atoms with Gasteiger partial charge in [-0.25, -0.2) is 0 Å². The van der Waals surface area contributed by atoms with Gasteiger partial charge in [0.25, 0.3) is 0 Å². The lowest BCUT2D eigenvalue weighted by Gasteiger charge is -2.06. The first-order valence-electron chi connectivity index (χ1n) is 6.22. The van der Waals surface area contributed by atoms with Crippen molar-refractivity contribution in [1.29, 1.82) is 0 Å². The predicted octanol–water partition coefficient (Wildman–Crippen LogP) is 4.52. The summed E-state index contributed by atoms with van der Waals surface area (Å²) in [4.78, 5) is 12.2. The van der Waals surface area contributed by atoms with E-state index in [4.69, 9.17) is 23.2 Å². The number of nitrogens with one attached hydrogen (secondary N) is 1. The molecule has 1 N–H and O–H groups in total. The van der Waals surface area contributed by atoms with Crippen molar-refractivity contribution in [1.82, 2.24) is 0 Å². The predicted molar refractivity (Wildman–Crippen MR) is 80.4 cm³/mol. The van der Waals surface area contributed by atoms with E-state index in [2.05, 4.69) is 5.32 Å². The lowest BCUT2D eigenvalue weighted by molar-refractivity contribution is -0.118. The van der Waals surface area contributed by atoms with Crippen molar-refractivity contribution in [2.45, 2.75) is 20.8 Å². The number of halogens is 2. The summed E-state index contributed by atoms with van der Waals surface area (Å²) in [5.41, 5.74) is 1.89. The molecule has 0 heterocycles. The Morgan fingerprint density at radius 3 is 2.37 bits per heavy atom. The molecule has 0 saturated heterocycles. The summed E-state index contributed by atoms with van der Waals surface area (Å²) >= 11 is 11.4. The number of anilines is 1. The summed E-state index contributed by atoms with van der Waals surface area (Å²) in [5, 5.41) is 2.94. The number of hydrogen-bond donors (Lipinski definition) is 1. The van der Waals surface area contributed by atoms with Crippen molar-refractivity contribution in [3.05, 3.63) is 40.4 Å². The molecule has 0 unspecified atom stereocenters. The Morgan fingerprint density at radius 2 is 1.84 bits per heavy atom. The van der Waals surface area contributed by atoms with Crippen molar-refractivity contribution in [2.75, 3.05) is 5.32 Å². The monoisotopic (exact) mass is 297 g/mol. The number of hydrogen-bond acceptors (Lipinski definition) is 1. The molecule has 2 rings (SSSR count). The van der Waals surface area contributed by atoms with Crippen molar-refractivity contribution < 1.29 is 4.79 Å². The minimum atomic E-state index is -0.0934. The fourth-order valence-corrected chi connectivity index (χ4v) is 2.75. The van der Waals surface area contributed by atoms with Gasteiger partial charge in [-0.2, -0.15) is 0 Å². The van der Waals surface area contributed by atoms with Gasteiger partial charge in [0.2, 0.25) is 5.91 Å². The van der Waals surface area contributed by atoms with Crippen LogP contribution in [0.1, 0.15) is 19.4 Å². The third-order valence-corrected chi connectivity index (χ3v) is 4.07. The minimum absolute atomic E-state index is 0.0182. The SMILES string of the molecule is Cc1ccc(NC(=O)[C@H]2[C@@H](C=C(Cl)Cl)C2(C)C)cc1. The molecule has 0 aliphatic heterocycles. The van der Waals surface area contributed by atoms with Crippen molar-refractivity contribution >= 4 is 34.8 Å². The third kappa shape index (κ3) is 3.13. The van der Waals surface area contributed by atoms with Crippen LogP contribution in [0.2, 0.25) is 0 Å². The largest absolute Gasteiger partial charge is 0.326 e. The fourth-order valence-electron chi connectivity index (χ4n) is 2.48. The summed E-state index contributed by atoms with van der Waals surface area (Å²) in [5.74, 6) is 0.0361. The van der Waals surface area contributed by atoms with Gasteiger partial charge >= 0.3 is 0 Å². The summed E-state index contributed by atoms with van der Waals surface area (Å²) < 4.78 is 0.226. The van der Waals surface area contributed by atoms with E-state index in [9.17, 15) is 4.79 Å². The Hall–Kier alpha value is -0.990. The molecule has 1 fully saturated rings. The summed E-state index contributed by atoms with van der Waals surface area (Å²) in [6, 6.07) is 7.76. The number of allylic oxidation sites excluding steroid dienone is 1. The van der Waals surface area contributed by atoms with E-state index in [0.717, 1.165) is 5.69 Å². The molecule has 1 aliphatic rings. The van der Waals surface area contributed by atoms with Gasteiger partial charge in [-0.15, -0.1) is 0 Å². The van der Waals surface area contributed by atoms with E-state index >= 15 is 0 Å². The zero-order valence-corrected chi connectivity index (χ0v) is 12.7. The molecule has 0 bridgehead atoms. The second-order valence-corrected chi connectivity index (χ2v) is 6.64. The molecule has 0 radical (unpaired) electrons. The Bertz CT molecular complexity index is 515. The van der Waals surface area contributed by atoms with Gasteiger partial charge in [0.1, 0.15) is 4.49 Å². The van der Waals surface area contributed by atoms with Crippen LogP contribution in [0.25, 0.3) is 0 Å². The molecule has 0 aromatic heterocycles. The summed E-state index contributed by atoms with van der Waals surface area (Å²) in [7, 11) is 0. The quantitative estimate of drug-likeness (QED) is 0.873. The van der Waals surface area contributed by atoms with Crippen LogP contribution >= 0.6 is 23.2 Å². The molecule has 102 valence electrons. The Balaban J connectivity index is 2.05. The zero-order chi connectivity index (χ0) is 14.2. The van der Waals surface area contributed by atoms with Crippen LogP contribution in [-0.2, 0) is 4.79 Å². The second-order valence-electron chi connectivity index (χ2n) is 5.64. The van der Waals surface area contributed by atoms with Crippen LogP contribution in [0.15, 0.2) is 34.8 Å². The third-order valence-electron chi connectivity index (χ3n) is 3.82. The van der Waals surface area contributed by atoms with Gasteiger partial charge in [-0.3, -0.25) is 4.79 Å². The number of benzene rings is 1. The van der Waals surface area contributed by atoms with Crippen molar-refractivity contribution in [3.63, 3.8) is 0 Å². The maximum atomic E-state index is 12.2. The number of aryl methyl sites for hydroxylation is 1. The van der Waals surface area contributed by atoms with Crippen LogP contribution in [0.5, 0.6) is 0 Å². The first-order chi connectivity index (χ1) is 8.82. The van der Waals surface area contributed by atoms with Crippen LogP contribution in [0.3, 0.4) is 0 Å². The lowest BCUT2D eigenvalue weighted by Crippen LogP contribution is -2.16. The summed E-state index contributed by atoms with van der Waals surface area (Å²) in [6.45, 7) is 6.10. The number of amides is 1. The first-order valence-corrected chi connectivity index (χ1v) is 6.98. The van der Waals surface area contributed by atoms with Gasteiger partial charge in [0, 0.05) is 5.69 Å². The highest BCUT2D eigenvalue weighted by Gasteiger charge is 2.60. The van der Waals surface area contributed by atoms with Crippen LogP contribution in [0.4, 0.5) is 5.69 Å². The van der Waals surface area contributed by atoms with Crippen molar-refractivity contribution in [2.24, 2.45) is 17.3 Å². The molecular formula is C15H17Cl2NO. The average molecular weight is 298 g/mol. The molecule has 19 heavy (non-hydrogen) atoms. The molecule has 2 nitrogen and oxygen atoms in total. The maximum Gasteiger partial charge on any atom is 0.228 e. The molecule has 1 saturated carbocycles. The molecule has 1 aromatic carbocycles. The molecule has 1 aromatic rings. The minimum Gasteiger partial charge on any atom is -0.326 e. The number of rotatable bonds is 3. The van der Waals surface area contributed by atoms with E-state index < -0.39 is 0 Å². The molecule has 2 atom stereocenters. The number of carbonyl (C=O) groups excluding carboxylic acids is 1. The fraction of sp³-hybridized carbons (Fsp3) is 0.400. The smallest absolute Gasteiger partial charge is 0.228 e. The van der Waals surface area contributed by atoms with Crippen LogP contribution in [-0.4, -0.2) is 5.91 Å². The van der Waals surface area contributed by atoms with Crippen LogP contribution < -0.4 is 5.32 Å². The Morgan fingerprint density at radius 1 is 1.26 bits per heavy atom. The van der Waals surface area contributed by atoms with E-state index in [1.54, 1.807) is 6.08 Å². The number of carbonyl (C=O) groups is 1. The van der Waals surface area contributed by atoms with E-state index in [1.165, 1.54) is 5.56 Å². The Labute approximate surface area is 123 Å². The highest BCUT2D eigenvalue weighted by molar-refractivity contribution is 6.55. The van der Waals surface area contributed by atoms with Crippen LogP contribution in [0, 0.1) is 24.2 Å². The van der Waals surface area contributed by atoms with Gasteiger partial charge in [0.05, 0.1) is 5.92 Å². The van der Waals surface area contributed by atoms with Gasteiger partial charge in [-0.1, -0.05) is 54.7 Å². The first kappa shape index (κ1) is 14.4. The highest BCUT2D eigenvalue weighted by Crippen LogP contribution is 2.59. The van der Waals surface area contributed by atoms with E-state index in [0.29, 0.717) is 0 Å². The summed E-state index contributed by atoms with van der Waals surface area (Å²) in [6.07, 6.45) is 1.75. The van der Waals surface area contributed by atoms with E-state index in [-0.39, 0.29) is 27.6 Å².